The highest BCUT2D eigenvalue weighted by Crippen LogP contribution is 2.11. The van der Waals surface area contributed by atoms with Crippen LogP contribution in [0.4, 0.5) is 4.39 Å². The molecule has 0 spiro atoms. The number of halogens is 1. The predicted octanol–water partition coefficient (Wildman–Crippen LogP) is 2.56. The second-order valence-electron chi connectivity index (χ2n) is 5.44. The molecule has 0 unspecified atom stereocenters. The van der Waals surface area contributed by atoms with E-state index in [2.05, 4.69) is 29.4 Å². The van der Waals surface area contributed by atoms with Gasteiger partial charge in [-0.1, -0.05) is 19.9 Å². The minimum absolute atomic E-state index is 0.255. The van der Waals surface area contributed by atoms with Gasteiger partial charge in [0.2, 0.25) is 0 Å². The van der Waals surface area contributed by atoms with Crippen LogP contribution >= 0.6 is 0 Å². The molecule has 0 bridgehead atoms. The van der Waals surface area contributed by atoms with Crippen molar-refractivity contribution in [3.8, 4) is 5.75 Å². The lowest BCUT2D eigenvalue weighted by Gasteiger charge is -2.06. The molecule has 1 amide bonds. The summed E-state index contributed by atoms with van der Waals surface area (Å²) in [4.78, 5) is 11.9. The number of nitrogens with one attached hydrogen (secondary N) is 2. The summed E-state index contributed by atoms with van der Waals surface area (Å²) in [6.45, 7) is 4.79. The number of carbonyl (C=O) groups is 1. The standard InChI is InChI=1S/C16H20FN3O2/c1-11(2)8-13-10-15(20-19-13)16(21)18-6-7-22-14-5-3-4-12(17)9-14/h3-5,9-11H,6-8H2,1-2H3,(H,18,21)(H,19,20). The summed E-state index contributed by atoms with van der Waals surface area (Å²) in [5, 5.41) is 9.56. The molecule has 0 aliphatic rings. The van der Waals surface area contributed by atoms with E-state index in [9.17, 15) is 9.18 Å². The quantitative estimate of drug-likeness (QED) is 0.773. The van der Waals surface area contributed by atoms with Crippen molar-refractivity contribution in [1.29, 1.82) is 0 Å². The molecule has 0 radical (unpaired) electrons. The van der Waals surface area contributed by atoms with E-state index in [4.69, 9.17) is 4.74 Å². The van der Waals surface area contributed by atoms with Gasteiger partial charge in [0, 0.05) is 11.8 Å². The number of ether oxygens (including phenoxy) is 1. The van der Waals surface area contributed by atoms with E-state index in [0.717, 1.165) is 12.1 Å². The van der Waals surface area contributed by atoms with E-state index in [-0.39, 0.29) is 18.3 Å². The first-order valence-corrected chi connectivity index (χ1v) is 7.25. The van der Waals surface area contributed by atoms with Crippen LogP contribution in [0.1, 0.15) is 30.0 Å². The molecule has 22 heavy (non-hydrogen) atoms. The molecule has 2 rings (SSSR count). The third-order valence-corrected chi connectivity index (χ3v) is 2.94. The van der Waals surface area contributed by atoms with Crippen molar-refractivity contribution < 1.29 is 13.9 Å². The monoisotopic (exact) mass is 305 g/mol. The number of aromatic nitrogens is 2. The SMILES string of the molecule is CC(C)Cc1cc(C(=O)NCCOc2cccc(F)c2)n[nH]1. The van der Waals surface area contributed by atoms with E-state index < -0.39 is 0 Å². The number of H-pyrrole nitrogens is 1. The molecule has 0 saturated heterocycles. The number of benzene rings is 1. The minimum atomic E-state index is -0.351. The lowest BCUT2D eigenvalue weighted by atomic mass is 10.1. The third-order valence-electron chi connectivity index (χ3n) is 2.94. The Bertz CT molecular complexity index is 625. The van der Waals surface area contributed by atoms with Gasteiger partial charge in [-0.3, -0.25) is 9.89 Å². The van der Waals surface area contributed by atoms with E-state index in [1.165, 1.54) is 12.1 Å². The van der Waals surface area contributed by atoms with Crippen LogP contribution in [0, 0.1) is 11.7 Å². The van der Waals surface area contributed by atoms with Gasteiger partial charge in [-0.05, 0) is 30.5 Å². The lowest BCUT2D eigenvalue weighted by molar-refractivity contribution is 0.0942. The highest BCUT2D eigenvalue weighted by atomic mass is 19.1. The van der Waals surface area contributed by atoms with Crippen LogP contribution in [-0.2, 0) is 6.42 Å². The summed E-state index contributed by atoms with van der Waals surface area (Å²) in [6.07, 6.45) is 0.850. The van der Waals surface area contributed by atoms with Gasteiger partial charge in [-0.15, -0.1) is 0 Å². The molecule has 6 heteroatoms. The fraction of sp³-hybridized carbons (Fsp3) is 0.375. The Kier molecular flexibility index (Phi) is 5.52. The fourth-order valence-corrected chi connectivity index (χ4v) is 2.00. The summed E-state index contributed by atoms with van der Waals surface area (Å²) in [5.74, 6) is 0.328. The van der Waals surface area contributed by atoms with Crippen molar-refractivity contribution in [1.82, 2.24) is 15.5 Å². The number of carbonyl (C=O) groups excluding carboxylic acids is 1. The topological polar surface area (TPSA) is 67.0 Å². The number of amides is 1. The zero-order valence-electron chi connectivity index (χ0n) is 12.7. The van der Waals surface area contributed by atoms with E-state index in [1.54, 1.807) is 18.2 Å². The Morgan fingerprint density at radius 3 is 2.95 bits per heavy atom. The average molecular weight is 305 g/mol. The van der Waals surface area contributed by atoms with E-state index in [0.29, 0.717) is 23.9 Å². The molecule has 0 aliphatic heterocycles. The minimum Gasteiger partial charge on any atom is -0.492 e. The van der Waals surface area contributed by atoms with Gasteiger partial charge in [-0.25, -0.2) is 4.39 Å². The predicted molar refractivity (Wildman–Crippen MR) is 81.4 cm³/mol. The molecule has 0 saturated carbocycles. The second-order valence-corrected chi connectivity index (χ2v) is 5.44. The molecule has 1 aromatic heterocycles. The van der Waals surface area contributed by atoms with Crippen molar-refractivity contribution >= 4 is 5.91 Å². The number of rotatable bonds is 7. The first-order valence-electron chi connectivity index (χ1n) is 7.25. The highest BCUT2D eigenvalue weighted by molar-refractivity contribution is 5.92. The molecule has 0 atom stereocenters. The normalized spacial score (nSPS) is 10.7. The Balaban J connectivity index is 1.74. The van der Waals surface area contributed by atoms with Crippen LogP contribution in [0.25, 0.3) is 0 Å². The Hall–Kier alpha value is -2.37. The molecular weight excluding hydrogens is 285 g/mol. The molecule has 1 heterocycles. The summed E-state index contributed by atoms with van der Waals surface area (Å²) in [7, 11) is 0. The van der Waals surface area contributed by atoms with Crippen molar-refractivity contribution in [2.24, 2.45) is 5.92 Å². The zero-order chi connectivity index (χ0) is 15.9. The van der Waals surface area contributed by atoms with Crippen molar-refractivity contribution in [2.45, 2.75) is 20.3 Å². The summed E-state index contributed by atoms with van der Waals surface area (Å²) in [6, 6.07) is 7.64. The lowest BCUT2D eigenvalue weighted by Crippen LogP contribution is -2.28. The maximum Gasteiger partial charge on any atom is 0.271 e. The molecule has 1 aromatic carbocycles. The first-order chi connectivity index (χ1) is 10.5. The fourth-order valence-electron chi connectivity index (χ4n) is 2.00. The Morgan fingerprint density at radius 2 is 2.23 bits per heavy atom. The van der Waals surface area contributed by atoms with Gasteiger partial charge < -0.3 is 10.1 Å². The number of nitrogens with zero attached hydrogens (tertiary/aromatic N) is 1. The summed E-state index contributed by atoms with van der Waals surface area (Å²) < 4.78 is 18.3. The van der Waals surface area contributed by atoms with E-state index >= 15 is 0 Å². The maximum atomic E-state index is 13.0. The molecule has 118 valence electrons. The van der Waals surface area contributed by atoms with Gasteiger partial charge in [0.25, 0.3) is 5.91 Å². The van der Waals surface area contributed by atoms with Gasteiger partial charge in [0.15, 0.2) is 0 Å². The average Bonchev–Trinajstić information content (AvgIpc) is 2.91. The molecule has 5 nitrogen and oxygen atoms in total. The van der Waals surface area contributed by atoms with Crippen LogP contribution in [0.2, 0.25) is 0 Å². The number of hydrogen-bond acceptors (Lipinski definition) is 3. The Morgan fingerprint density at radius 1 is 1.41 bits per heavy atom. The number of aromatic amines is 1. The van der Waals surface area contributed by atoms with Crippen LogP contribution in [-0.4, -0.2) is 29.3 Å². The van der Waals surface area contributed by atoms with Gasteiger partial charge in [0.1, 0.15) is 23.9 Å². The van der Waals surface area contributed by atoms with E-state index in [1.807, 2.05) is 0 Å². The molecule has 0 fully saturated rings. The smallest absolute Gasteiger partial charge is 0.271 e. The van der Waals surface area contributed by atoms with Crippen LogP contribution < -0.4 is 10.1 Å². The van der Waals surface area contributed by atoms with Crippen molar-refractivity contribution in [3.63, 3.8) is 0 Å². The summed E-state index contributed by atoms with van der Waals surface area (Å²) >= 11 is 0. The molecular formula is C16H20FN3O2. The summed E-state index contributed by atoms with van der Waals surface area (Å²) in [5.41, 5.74) is 1.30. The molecule has 0 aliphatic carbocycles. The third kappa shape index (κ3) is 4.87. The maximum absolute atomic E-state index is 13.0. The highest BCUT2D eigenvalue weighted by Gasteiger charge is 2.10. The Labute approximate surface area is 128 Å². The van der Waals surface area contributed by atoms with Crippen LogP contribution in [0.5, 0.6) is 5.75 Å². The van der Waals surface area contributed by atoms with Crippen LogP contribution in [0.15, 0.2) is 30.3 Å². The second kappa shape index (κ2) is 7.59. The zero-order valence-corrected chi connectivity index (χ0v) is 12.7. The first kappa shape index (κ1) is 16.0. The molecule has 2 N–H and O–H groups in total. The van der Waals surface area contributed by atoms with Gasteiger partial charge >= 0.3 is 0 Å². The van der Waals surface area contributed by atoms with Crippen LogP contribution in [0.3, 0.4) is 0 Å². The van der Waals surface area contributed by atoms with Gasteiger partial charge in [-0.2, -0.15) is 5.10 Å². The number of hydrogen-bond donors (Lipinski definition) is 2. The van der Waals surface area contributed by atoms with Crippen molar-refractivity contribution in [3.05, 3.63) is 47.5 Å². The van der Waals surface area contributed by atoms with Gasteiger partial charge in [0.05, 0.1) is 6.54 Å². The van der Waals surface area contributed by atoms with Crippen molar-refractivity contribution in [2.75, 3.05) is 13.2 Å². The molecule has 2 aromatic rings. The largest absolute Gasteiger partial charge is 0.492 e.